The molecular weight excluding hydrogens is 288 g/mol. The maximum Gasteiger partial charge on any atom is 0.241 e. The summed E-state index contributed by atoms with van der Waals surface area (Å²) in [5.41, 5.74) is 5.37. The topological polar surface area (TPSA) is 81.4 Å². The minimum atomic E-state index is -3.62. The average molecular weight is 308 g/mol. The zero-order valence-electron chi connectivity index (χ0n) is 12.1. The Morgan fingerprint density at radius 2 is 2.19 bits per heavy atom. The third-order valence-corrected chi connectivity index (χ3v) is 4.90. The second-order valence-electron chi connectivity index (χ2n) is 5.23. The third kappa shape index (κ3) is 4.05. The Hall–Kier alpha value is -1.39. The minimum Gasteiger partial charge on any atom is -0.374 e. The van der Waals surface area contributed by atoms with Gasteiger partial charge in [0.05, 0.1) is 17.0 Å². The normalized spacial score (nSPS) is 21.8. The molecule has 0 aliphatic carbocycles. The highest BCUT2D eigenvalue weighted by atomic mass is 32.2. The Morgan fingerprint density at radius 1 is 1.43 bits per heavy atom. The summed E-state index contributed by atoms with van der Waals surface area (Å²) in [5, 5.41) is 0. The highest BCUT2D eigenvalue weighted by molar-refractivity contribution is 7.89. The van der Waals surface area contributed by atoms with Crippen LogP contribution in [0.15, 0.2) is 29.2 Å². The molecule has 0 saturated carbocycles. The molecule has 3 N–H and O–H groups in total. The average Bonchev–Trinajstić information content (AvgIpc) is 2.91. The predicted octanol–water partition coefficient (Wildman–Crippen LogP) is 0.844. The lowest BCUT2D eigenvalue weighted by Gasteiger charge is -2.23. The molecule has 6 heteroatoms. The highest BCUT2D eigenvalue weighted by Gasteiger charge is 2.31. The molecule has 1 saturated heterocycles. The van der Waals surface area contributed by atoms with Crippen LogP contribution in [-0.2, 0) is 14.8 Å². The maximum atomic E-state index is 12.4. The fraction of sp³-hybridized carbons (Fsp3) is 0.467. The Kier molecular flexibility index (Phi) is 5.01. The van der Waals surface area contributed by atoms with E-state index in [1.165, 1.54) is 0 Å². The van der Waals surface area contributed by atoms with Gasteiger partial charge in [-0.2, -0.15) is 0 Å². The predicted molar refractivity (Wildman–Crippen MR) is 81.2 cm³/mol. The van der Waals surface area contributed by atoms with Crippen molar-refractivity contribution >= 4 is 10.0 Å². The van der Waals surface area contributed by atoms with Gasteiger partial charge in [-0.05, 0) is 31.9 Å². The van der Waals surface area contributed by atoms with E-state index in [1.807, 2.05) is 6.92 Å². The van der Waals surface area contributed by atoms with Gasteiger partial charge in [0.2, 0.25) is 10.0 Å². The number of hydrogen-bond donors (Lipinski definition) is 2. The molecule has 1 aliphatic rings. The molecule has 0 aromatic heterocycles. The molecule has 2 rings (SSSR count). The van der Waals surface area contributed by atoms with Crippen molar-refractivity contribution in [3.8, 4) is 11.8 Å². The molecule has 0 bridgehead atoms. The first-order chi connectivity index (χ1) is 9.97. The van der Waals surface area contributed by atoms with Gasteiger partial charge in [-0.15, -0.1) is 0 Å². The molecule has 21 heavy (non-hydrogen) atoms. The largest absolute Gasteiger partial charge is 0.374 e. The summed E-state index contributed by atoms with van der Waals surface area (Å²) in [7, 11) is -3.62. The highest BCUT2D eigenvalue weighted by Crippen LogP contribution is 2.25. The van der Waals surface area contributed by atoms with Crippen LogP contribution in [0.3, 0.4) is 0 Å². The van der Waals surface area contributed by atoms with E-state index in [0.717, 1.165) is 12.8 Å². The second-order valence-corrected chi connectivity index (χ2v) is 6.96. The molecular formula is C15H20N2O3S. The van der Waals surface area contributed by atoms with E-state index in [-0.39, 0.29) is 18.0 Å². The lowest BCUT2D eigenvalue weighted by Crippen LogP contribution is -2.40. The van der Waals surface area contributed by atoms with Gasteiger partial charge < -0.3 is 10.5 Å². The van der Waals surface area contributed by atoms with Gasteiger partial charge in [0, 0.05) is 18.7 Å². The molecule has 1 aliphatic heterocycles. The molecule has 0 spiro atoms. The van der Waals surface area contributed by atoms with Crippen LogP contribution < -0.4 is 10.5 Å². The van der Waals surface area contributed by atoms with Crippen LogP contribution in [-0.4, -0.2) is 33.7 Å². The number of hydrogen-bond acceptors (Lipinski definition) is 4. The van der Waals surface area contributed by atoms with E-state index in [1.54, 1.807) is 24.3 Å². The number of sulfonamides is 1. The van der Waals surface area contributed by atoms with Crippen LogP contribution >= 0.6 is 0 Å². The fourth-order valence-electron chi connectivity index (χ4n) is 2.25. The summed E-state index contributed by atoms with van der Waals surface area (Å²) in [6.07, 6.45) is 1.81. The lowest BCUT2D eigenvalue weighted by atomic mass is 10.0. The maximum absolute atomic E-state index is 12.4. The molecule has 1 aromatic carbocycles. The SMILES string of the molecule is CC1(CNS(=O)(=O)c2ccccc2C#CCN)CCCO1. The molecule has 114 valence electrons. The molecule has 1 fully saturated rings. The molecule has 1 aromatic rings. The number of nitrogens with one attached hydrogen (secondary N) is 1. The van der Waals surface area contributed by atoms with E-state index >= 15 is 0 Å². The van der Waals surface area contributed by atoms with Crippen molar-refractivity contribution in [3.63, 3.8) is 0 Å². The van der Waals surface area contributed by atoms with Crippen molar-refractivity contribution in [2.45, 2.75) is 30.3 Å². The summed E-state index contributed by atoms with van der Waals surface area (Å²) in [5.74, 6) is 5.47. The summed E-state index contributed by atoms with van der Waals surface area (Å²) >= 11 is 0. The molecule has 1 atom stereocenters. The Morgan fingerprint density at radius 3 is 2.86 bits per heavy atom. The first-order valence-electron chi connectivity index (χ1n) is 6.88. The van der Waals surface area contributed by atoms with E-state index in [2.05, 4.69) is 16.6 Å². The summed E-state index contributed by atoms with van der Waals surface area (Å²) in [4.78, 5) is 0.174. The minimum absolute atomic E-state index is 0.174. The zero-order chi connectivity index (χ0) is 15.3. The van der Waals surface area contributed by atoms with Crippen LogP contribution in [0.1, 0.15) is 25.3 Å². The van der Waals surface area contributed by atoms with Crippen molar-refractivity contribution in [2.24, 2.45) is 5.73 Å². The first kappa shape index (κ1) is 16.0. The van der Waals surface area contributed by atoms with Crippen molar-refractivity contribution < 1.29 is 13.2 Å². The number of benzene rings is 1. The van der Waals surface area contributed by atoms with E-state index in [0.29, 0.717) is 12.2 Å². The van der Waals surface area contributed by atoms with Gasteiger partial charge >= 0.3 is 0 Å². The molecule has 0 radical (unpaired) electrons. The molecule has 1 heterocycles. The fourth-order valence-corrected chi connectivity index (χ4v) is 3.57. The van der Waals surface area contributed by atoms with Crippen LogP contribution in [0.25, 0.3) is 0 Å². The Balaban J connectivity index is 2.19. The Bertz CT molecular complexity index is 653. The molecule has 1 unspecified atom stereocenters. The standard InChI is InChI=1S/C15H20N2O3S/c1-15(9-5-11-20-15)12-17-21(18,19)14-8-3-2-6-13(14)7-4-10-16/h2-3,6,8,17H,5,9-12,16H2,1H3. The van der Waals surface area contributed by atoms with Crippen LogP contribution in [0.2, 0.25) is 0 Å². The van der Waals surface area contributed by atoms with Crippen molar-refractivity contribution in [1.82, 2.24) is 4.72 Å². The summed E-state index contributed by atoms with van der Waals surface area (Å²) in [6, 6.07) is 6.64. The molecule has 0 amide bonds. The van der Waals surface area contributed by atoms with Gasteiger partial charge in [-0.3, -0.25) is 0 Å². The van der Waals surface area contributed by atoms with Crippen LogP contribution in [0.5, 0.6) is 0 Å². The quantitative estimate of drug-likeness (QED) is 0.808. The summed E-state index contributed by atoms with van der Waals surface area (Å²) < 4.78 is 33.1. The van der Waals surface area contributed by atoms with Crippen LogP contribution in [0, 0.1) is 11.8 Å². The van der Waals surface area contributed by atoms with Gasteiger partial charge in [0.1, 0.15) is 0 Å². The van der Waals surface area contributed by atoms with Gasteiger partial charge in [0.25, 0.3) is 0 Å². The first-order valence-corrected chi connectivity index (χ1v) is 8.37. The van der Waals surface area contributed by atoms with E-state index < -0.39 is 15.6 Å². The lowest BCUT2D eigenvalue weighted by molar-refractivity contribution is 0.0250. The number of rotatable bonds is 4. The van der Waals surface area contributed by atoms with E-state index in [9.17, 15) is 8.42 Å². The van der Waals surface area contributed by atoms with Gasteiger partial charge in [-0.1, -0.05) is 24.0 Å². The van der Waals surface area contributed by atoms with Crippen molar-refractivity contribution in [2.75, 3.05) is 19.7 Å². The number of nitrogens with two attached hydrogens (primary N) is 1. The van der Waals surface area contributed by atoms with Gasteiger partial charge in [0.15, 0.2) is 0 Å². The second kappa shape index (κ2) is 6.58. The van der Waals surface area contributed by atoms with Crippen molar-refractivity contribution in [1.29, 1.82) is 0 Å². The smallest absolute Gasteiger partial charge is 0.241 e. The summed E-state index contributed by atoms with van der Waals surface area (Å²) in [6.45, 7) is 3.04. The van der Waals surface area contributed by atoms with Gasteiger partial charge in [-0.25, -0.2) is 13.1 Å². The monoisotopic (exact) mass is 308 g/mol. The molecule has 5 nitrogen and oxygen atoms in total. The Labute approximate surface area is 125 Å². The van der Waals surface area contributed by atoms with Crippen molar-refractivity contribution in [3.05, 3.63) is 29.8 Å². The zero-order valence-corrected chi connectivity index (χ0v) is 12.9. The number of ether oxygens (including phenoxy) is 1. The van der Waals surface area contributed by atoms with Crippen LogP contribution in [0.4, 0.5) is 0 Å². The van der Waals surface area contributed by atoms with E-state index in [4.69, 9.17) is 10.5 Å². The third-order valence-electron chi connectivity index (χ3n) is 3.44.